The molecule has 6 heteroatoms. The Morgan fingerprint density at radius 3 is 2.28 bits per heavy atom. The Kier molecular flexibility index (Phi) is 5.43. The first kappa shape index (κ1) is 14.8. The molecule has 0 fully saturated rings. The Balaban J connectivity index is 2.59. The second kappa shape index (κ2) is 6.61. The highest BCUT2D eigenvalue weighted by molar-refractivity contribution is 5.27. The van der Waals surface area contributed by atoms with Gasteiger partial charge in [-0.2, -0.15) is 0 Å². The molecule has 0 amide bonds. The molecule has 0 aliphatic heterocycles. The van der Waals surface area contributed by atoms with Gasteiger partial charge in [0.2, 0.25) is 0 Å². The van der Waals surface area contributed by atoms with E-state index in [1.54, 1.807) is 12.1 Å². The van der Waals surface area contributed by atoms with Crippen LogP contribution in [0.4, 0.5) is 13.2 Å². The molecule has 0 aliphatic carbocycles. The summed E-state index contributed by atoms with van der Waals surface area (Å²) >= 11 is 0. The Hall–Kier alpha value is -1.27. The first-order chi connectivity index (χ1) is 8.44. The average molecular weight is 262 g/mol. The van der Waals surface area contributed by atoms with Crippen LogP contribution in [0.2, 0.25) is 0 Å². The van der Waals surface area contributed by atoms with Crippen LogP contribution in [-0.2, 0) is 6.54 Å². The summed E-state index contributed by atoms with van der Waals surface area (Å²) in [6.07, 6.45) is -4.64. The zero-order chi connectivity index (χ0) is 13.6. The van der Waals surface area contributed by atoms with Crippen LogP contribution in [0, 0.1) is 0 Å². The van der Waals surface area contributed by atoms with E-state index in [1.807, 2.05) is 6.92 Å². The lowest BCUT2D eigenvalue weighted by Crippen LogP contribution is -2.28. The number of nitrogens with zero attached hydrogens (tertiary/aromatic N) is 1. The zero-order valence-electron chi connectivity index (χ0n) is 10.2. The molecule has 2 N–H and O–H groups in total. The van der Waals surface area contributed by atoms with Crippen LogP contribution >= 0.6 is 0 Å². The fourth-order valence-electron chi connectivity index (χ4n) is 1.59. The summed E-state index contributed by atoms with van der Waals surface area (Å²) in [4.78, 5) is 2.11. The maximum absolute atomic E-state index is 12.0. The molecule has 1 aromatic carbocycles. The van der Waals surface area contributed by atoms with Gasteiger partial charge in [0.25, 0.3) is 0 Å². The molecule has 3 nitrogen and oxygen atoms in total. The number of halogens is 3. The Bertz CT molecular complexity index is 351. The minimum atomic E-state index is -4.64. The highest BCUT2D eigenvalue weighted by Crippen LogP contribution is 2.22. The van der Waals surface area contributed by atoms with Crippen molar-refractivity contribution in [2.75, 3.05) is 19.6 Å². The van der Waals surface area contributed by atoms with E-state index in [2.05, 4.69) is 9.64 Å². The van der Waals surface area contributed by atoms with Gasteiger partial charge in [0.05, 0.1) is 0 Å². The first-order valence-electron chi connectivity index (χ1n) is 5.71. The second-order valence-electron chi connectivity index (χ2n) is 3.85. The Morgan fingerprint density at radius 1 is 1.22 bits per heavy atom. The van der Waals surface area contributed by atoms with E-state index in [4.69, 9.17) is 5.73 Å². The normalized spacial score (nSPS) is 11.9. The standard InChI is InChI=1S/C12H17F3N2O/c1-2-17(8-7-16)9-10-3-5-11(6-4-10)18-12(13,14)15/h3-6H,2,7-9,16H2,1H3. The van der Waals surface area contributed by atoms with Gasteiger partial charge >= 0.3 is 6.36 Å². The van der Waals surface area contributed by atoms with Crippen molar-refractivity contribution >= 4 is 0 Å². The number of hydrogen-bond acceptors (Lipinski definition) is 3. The maximum atomic E-state index is 12.0. The third-order valence-electron chi connectivity index (χ3n) is 2.46. The van der Waals surface area contributed by atoms with Gasteiger partial charge in [-0.15, -0.1) is 13.2 Å². The molecule has 1 rings (SSSR count). The molecule has 0 spiro atoms. The molecule has 0 aliphatic rings. The average Bonchev–Trinajstić information content (AvgIpc) is 2.29. The zero-order valence-corrected chi connectivity index (χ0v) is 10.2. The van der Waals surface area contributed by atoms with Crippen LogP contribution in [0.25, 0.3) is 0 Å². The third-order valence-corrected chi connectivity index (χ3v) is 2.46. The van der Waals surface area contributed by atoms with Crippen molar-refractivity contribution in [3.05, 3.63) is 29.8 Å². The van der Waals surface area contributed by atoms with E-state index in [0.29, 0.717) is 13.1 Å². The molecular weight excluding hydrogens is 245 g/mol. The van der Waals surface area contributed by atoms with Gasteiger partial charge in [0.15, 0.2) is 0 Å². The largest absolute Gasteiger partial charge is 0.573 e. The van der Waals surface area contributed by atoms with E-state index in [1.165, 1.54) is 12.1 Å². The number of hydrogen-bond donors (Lipinski definition) is 1. The minimum Gasteiger partial charge on any atom is -0.406 e. The molecule has 102 valence electrons. The Morgan fingerprint density at radius 2 is 1.83 bits per heavy atom. The molecule has 1 aromatic rings. The summed E-state index contributed by atoms with van der Waals surface area (Å²) in [6, 6.07) is 5.89. The first-order valence-corrected chi connectivity index (χ1v) is 5.71. The Labute approximate surface area is 104 Å². The second-order valence-corrected chi connectivity index (χ2v) is 3.85. The topological polar surface area (TPSA) is 38.5 Å². The molecule has 0 bridgehead atoms. The van der Waals surface area contributed by atoms with Crippen molar-refractivity contribution in [1.29, 1.82) is 0 Å². The monoisotopic (exact) mass is 262 g/mol. The van der Waals surface area contributed by atoms with E-state index >= 15 is 0 Å². The fraction of sp³-hybridized carbons (Fsp3) is 0.500. The maximum Gasteiger partial charge on any atom is 0.573 e. The predicted molar refractivity (Wildman–Crippen MR) is 63.1 cm³/mol. The highest BCUT2D eigenvalue weighted by atomic mass is 19.4. The van der Waals surface area contributed by atoms with E-state index < -0.39 is 6.36 Å². The van der Waals surface area contributed by atoms with Gasteiger partial charge in [-0.05, 0) is 24.2 Å². The quantitative estimate of drug-likeness (QED) is 0.855. The minimum absolute atomic E-state index is 0.201. The fourth-order valence-corrected chi connectivity index (χ4v) is 1.59. The lowest BCUT2D eigenvalue weighted by Gasteiger charge is -2.19. The van der Waals surface area contributed by atoms with Crippen molar-refractivity contribution in [1.82, 2.24) is 4.90 Å². The smallest absolute Gasteiger partial charge is 0.406 e. The molecule has 0 unspecified atom stereocenters. The number of nitrogens with two attached hydrogens (primary N) is 1. The van der Waals surface area contributed by atoms with Gasteiger partial charge in [0.1, 0.15) is 5.75 Å². The SMILES string of the molecule is CCN(CCN)Cc1ccc(OC(F)(F)F)cc1. The molecule has 0 saturated carbocycles. The van der Waals surface area contributed by atoms with E-state index in [-0.39, 0.29) is 5.75 Å². The van der Waals surface area contributed by atoms with Gasteiger partial charge in [-0.25, -0.2) is 0 Å². The van der Waals surface area contributed by atoms with E-state index in [0.717, 1.165) is 18.7 Å². The van der Waals surface area contributed by atoms with Crippen molar-refractivity contribution in [2.24, 2.45) is 5.73 Å². The summed E-state index contributed by atoms with van der Waals surface area (Å²) in [5, 5.41) is 0. The van der Waals surface area contributed by atoms with Gasteiger partial charge in [0, 0.05) is 19.6 Å². The van der Waals surface area contributed by atoms with Crippen molar-refractivity contribution in [3.8, 4) is 5.75 Å². The number of alkyl halides is 3. The third kappa shape index (κ3) is 5.37. The molecule has 18 heavy (non-hydrogen) atoms. The van der Waals surface area contributed by atoms with Crippen molar-refractivity contribution in [2.45, 2.75) is 19.8 Å². The van der Waals surface area contributed by atoms with Crippen LogP contribution in [-0.4, -0.2) is 30.9 Å². The highest BCUT2D eigenvalue weighted by Gasteiger charge is 2.30. The lowest BCUT2D eigenvalue weighted by atomic mass is 10.2. The van der Waals surface area contributed by atoms with Crippen LogP contribution in [0.5, 0.6) is 5.75 Å². The molecular formula is C12H17F3N2O. The molecule has 0 aromatic heterocycles. The van der Waals surface area contributed by atoms with Gasteiger partial charge < -0.3 is 10.5 Å². The summed E-state index contributed by atoms with van der Waals surface area (Å²) in [7, 11) is 0. The molecule has 0 radical (unpaired) electrons. The summed E-state index contributed by atoms with van der Waals surface area (Å²) < 4.78 is 39.7. The van der Waals surface area contributed by atoms with Crippen LogP contribution in [0.3, 0.4) is 0 Å². The lowest BCUT2D eigenvalue weighted by molar-refractivity contribution is -0.274. The summed E-state index contributed by atoms with van der Waals surface area (Å²) in [5.41, 5.74) is 6.40. The predicted octanol–water partition coefficient (Wildman–Crippen LogP) is 2.37. The van der Waals surface area contributed by atoms with Gasteiger partial charge in [-0.3, -0.25) is 4.90 Å². The molecule has 0 heterocycles. The van der Waals surface area contributed by atoms with Crippen LogP contribution < -0.4 is 10.5 Å². The van der Waals surface area contributed by atoms with Gasteiger partial charge in [-0.1, -0.05) is 19.1 Å². The van der Waals surface area contributed by atoms with E-state index in [9.17, 15) is 13.2 Å². The number of likely N-dealkylation sites (N-methyl/N-ethyl adjacent to an activating group) is 1. The summed E-state index contributed by atoms with van der Waals surface area (Å²) in [6.45, 7) is 4.84. The summed E-state index contributed by atoms with van der Waals surface area (Å²) in [5.74, 6) is -0.201. The van der Waals surface area contributed by atoms with Crippen molar-refractivity contribution in [3.63, 3.8) is 0 Å². The molecule has 0 atom stereocenters. The number of benzene rings is 1. The van der Waals surface area contributed by atoms with Crippen LogP contribution in [0.15, 0.2) is 24.3 Å². The number of ether oxygens (including phenoxy) is 1. The number of rotatable bonds is 6. The van der Waals surface area contributed by atoms with Crippen molar-refractivity contribution < 1.29 is 17.9 Å². The molecule has 0 saturated heterocycles. The van der Waals surface area contributed by atoms with Crippen LogP contribution in [0.1, 0.15) is 12.5 Å².